The molecule has 2 rings (SSSR count). The third-order valence-corrected chi connectivity index (χ3v) is 5.38. The summed E-state index contributed by atoms with van der Waals surface area (Å²) in [6.07, 6.45) is 7.14. The molecule has 3 atom stereocenters. The summed E-state index contributed by atoms with van der Waals surface area (Å²) >= 11 is 0. The van der Waals surface area contributed by atoms with Crippen LogP contribution in [-0.2, 0) is 4.74 Å². The van der Waals surface area contributed by atoms with Gasteiger partial charge in [-0.3, -0.25) is 0 Å². The Morgan fingerprint density at radius 3 is 2.75 bits per heavy atom. The number of ether oxygens (including phenoxy) is 1. The van der Waals surface area contributed by atoms with Crippen LogP contribution in [-0.4, -0.2) is 50.3 Å². The third-order valence-electron chi connectivity index (χ3n) is 5.38. The Kier molecular flexibility index (Phi) is 5.88. The van der Waals surface area contributed by atoms with Gasteiger partial charge in [0.15, 0.2) is 0 Å². The van der Waals surface area contributed by atoms with E-state index < -0.39 is 0 Å². The zero-order chi connectivity index (χ0) is 14.6. The molecule has 3 heteroatoms. The van der Waals surface area contributed by atoms with E-state index in [9.17, 15) is 0 Å². The minimum Gasteiger partial charge on any atom is -0.377 e. The largest absolute Gasteiger partial charge is 0.377 e. The Morgan fingerprint density at radius 2 is 2.05 bits per heavy atom. The number of hydrogen-bond donors (Lipinski definition) is 1. The maximum atomic E-state index is 5.84. The number of piperidine rings is 1. The molecule has 1 heterocycles. The summed E-state index contributed by atoms with van der Waals surface area (Å²) in [6.45, 7) is 11.5. The second kappa shape index (κ2) is 7.24. The molecule has 3 unspecified atom stereocenters. The van der Waals surface area contributed by atoms with Crippen LogP contribution >= 0.6 is 0 Å². The molecule has 0 radical (unpaired) electrons. The SMILES string of the molecule is CCOC1CCCN(CC2CCCC(C)(C)C2NC)C1. The van der Waals surface area contributed by atoms with Gasteiger partial charge < -0.3 is 15.0 Å². The van der Waals surface area contributed by atoms with Crippen LogP contribution in [0, 0.1) is 11.3 Å². The fraction of sp³-hybridized carbons (Fsp3) is 1.00. The highest BCUT2D eigenvalue weighted by Gasteiger charge is 2.38. The summed E-state index contributed by atoms with van der Waals surface area (Å²) in [4.78, 5) is 2.65. The lowest BCUT2D eigenvalue weighted by Crippen LogP contribution is -2.53. The van der Waals surface area contributed by atoms with Crippen LogP contribution in [0.1, 0.15) is 52.9 Å². The van der Waals surface area contributed by atoms with E-state index in [4.69, 9.17) is 4.74 Å². The van der Waals surface area contributed by atoms with Gasteiger partial charge in [-0.05, 0) is 57.5 Å². The Morgan fingerprint density at radius 1 is 1.25 bits per heavy atom. The van der Waals surface area contributed by atoms with Crippen molar-refractivity contribution < 1.29 is 4.74 Å². The Balaban J connectivity index is 1.90. The average molecular weight is 282 g/mol. The first-order valence-corrected chi connectivity index (χ1v) is 8.58. The third kappa shape index (κ3) is 3.96. The van der Waals surface area contributed by atoms with Gasteiger partial charge in [0.2, 0.25) is 0 Å². The molecule has 1 N–H and O–H groups in total. The smallest absolute Gasteiger partial charge is 0.0702 e. The number of likely N-dealkylation sites (tertiary alicyclic amines) is 1. The van der Waals surface area contributed by atoms with Crippen LogP contribution in [0.15, 0.2) is 0 Å². The van der Waals surface area contributed by atoms with Crippen LogP contribution in [0.4, 0.5) is 0 Å². The molecule has 3 nitrogen and oxygen atoms in total. The molecule has 1 aliphatic heterocycles. The fourth-order valence-electron chi connectivity index (χ4n) is 4.49. The van der Waals surface area contributed by atoms with Crippen molar-refractivity contribution in [3.63, 3.8) is 0 Å². The molecule has 1 saturated heterocycles. The van der Waals surface area contributed by atoms with E-state index in [1.807, 2.05) is 0 Å². The summed E-state index contributed by atoms with van der Waals surface area (Å²) in [5, 5.41) is 3.61. The van der Waals surface area contributed by atoms with Gasteiger partial charge in [0, 0.05) is 25.7 Å². The summed E-state index contributed by atoms with van der Waals surface area (Å²) in [5.41, 5.74) is 0.437. The molecule has 1 aliphatic carbocycles. The quantitative estimate of drug-likeness (QED) is 0.839. The van der Waals surface area contributed by atoms with Crippen LogP contribution < -0.4 is 5.32 Å². The van der Waals surface area contributed by atoms with Crippen molar-refractivity contribution in [2.45, 2.75) is 65.0 Å². The van der Waals surface area contributed by atoms with Crippen LogP contribution in [0.5, 0.6) is 0 Å². The standard InChI is InChI=1S/C17H34N2O/c1-5-20-15-9-7-11-19(13-15)12-14-8-6-10-17(2,3)16(14)18-4/h14-16,18H,5-13H2,1-4H3. The van der Waals surface area contributed by atoms with E-state index in [-0.39, 0.29) is 0 Å². The first-order chi connectivity index (χ1) is 9.56. The van der Waals surface area contributed by atoms with Gasteiger partial charge in [0.05, 0.1) is 6.10 Å². The van der Waals surface area contributed by atoms with Gasteiger partial charge in [-0.15, -0.1) is 0 Å². The van der Waals surface area contributed by atoms with E-state index in [2.05, 4.69) is 38.0 Å². The van der Waals surface area contributed by atoms with E-state index in [1.54, 1.807) is 0 Å². The molecular weight excluding hydrogens is 248 g/mol. The molecular formula is C17H34N2O. The number of nitrogens with one attached hydrogen (secondary N) is 1. The monoisotopic (exact) mass is 282 g/mol. The molecule has 0 spiro atoms. The van der Waals surface area contributed by atoms with Crippen LogP contribution in [0.2, 0.25) is 0 Å². The summed E-state index contributed by atoms with van der Waals surface area (Å²) in [6, 6.07) is 0.656. The highest BCUT2D eigenvalue weighted by molar-refractivity contribution is 4.94. The van der Waals surface area contributed by atoms with Crippen molar-refractivity contribution in [1.82, 2.24) is 10.2 Å². The van der Waals surface area contributed by atoms with Gasteiger partial charge in [-0.2, -0.15) is 0 Å². The minimum atomic E-state index is 0.437. The lowest BCUT2D eigenvalue weighted by atomic mass is 9.67. The average Bonchev–Trinajstić information content (AvgIpc) is 2.39. The second-order valence-electron chi connectivity index (χ2n) is 7.39. The van der Waals surface area contributed by atoms with Crippen molar-refractivity contribution in [3.05, 3.63) is 0 Å². The van der Waals surface area contributed by atoms with Crippen molar-refractivity contribution in [3.8, 4) is 0 Å². The molecule has 0 amide bonds. The molecule has 0 bridgehead atoms. The number of nitrogens with zero attached hydrogens (tertiary/aromatic N) is 1. The van der Waals surface area contributed by atoms with Gasteiger partial charge in [0.1, 0.15) is 0 Å². The maximum absolute atomic E-state index is 5.84. The fourth-order valence-corrected chi connectivity index (χ4v) is 4.49. The predicted molar refractivity (Wildman–Crippen MR) is 85.1 cm³/mol. The van der Waals surface area contributed by atoms with Gasteiger partial charge in [-0.25, -0.2) is 0 Å². The van der Waals surface area contributed by atoms with E-state index in [0.29, 0.717) is 17.6 Å². The highest BCUT2D eigenvalue weighted by Crippen LogP contribution is 2.39. The van der Waals surface area contributed by atoms with E-state index in [1.165, 1.54) is 45.2 Å². The van der Waals surface area contributed by atoms with Crippen molar-refractivity contribution in [2.24, 2.45) is 11.3 Å². The van der Waals surface area contributed by atoms with E-state index >= 15 is 0 Å². The second-order valence-corrected chi connectivity index (χ2v) is 7.39. The molecule has 2 aliphatic rings. The number of hydrogen-bond acceptors (Lipinski definition) is 3. The van der Waals surface area contributed by atoms with Gasteiger partial charge >= 0.3 is 0 Å². The predicted octanol–water partition coefficient (Wildman–Crippen LogP) is 2.90. The molecule has 0 aromatic rings. The van der Waals surface area contributed by atoms with Crippen molar-refractivity contribution >= 4 is 0 Å². The molecule has 2 fully saturated rings. The lowest BCUT2D eigenvalue weighted by Gasteiger charge is -2.46. The van der Waals surface area contributed by atoms with Crippen molar-refractivity contribution in [1.29, 1.82) is 0 Å². The lowest BCUT2D eigenvalue weighted by molar-refractivity contribution is -0.00715. The number of rotatable bonds is 5. The first-order valence-electron chi connectivity index (χ1n) is 8.58. The topological polar surface area (TPSA) is 24.5 Å². The van der Waals surface area contributed by atoms with Crippen LogP contribution in [0.25, 0.3) is 0 Å². The summed E-state index contributed by atoms with van der Waals surface area (Å²) < 4.78 is 5.84. The highest BCUT2D eigenvalue weighted by atomic mass is 16.5. The molecule has 118 valence electrons. The van der Waals surface area contributed by atoms with E-state index in [0.717, 1.165) is 19.1 Å². The first kappa shape index (κ1) is 16.3. The minimum absolute atomic E-state index is 0.437. The molecule has 20 heavy (non-hydrogen) atoms. The van der Waals surface area contributed by atoms with Crippen LogP contribution in [0.3, 0.4) is 0 Å². The van der Waals surface area contributed by atoms with Gasteiger partial charge in [0.25, 0.3) is 0 Å². The zero-order valence-electron chi connectivity index (χ0n) is 14.0. The summed E-state index contributed by atoms with van der Waals surface area (Å²) in [7, 11) is 2.14. The Hall–Kier alpha value is -0.120. The Labute approximate surface area is 125 Å². The summed E-state index contributed by atoms with van der Waals surface area (Å²) in [5.74, 6) is 0.795. The maximum Gasteiger partial charge on any atom is 0.0702 e. The molecule has 0 aromatic carbocycles. The van der Waals surface area contributed by atoms with Gasteiger partial charge in [-0.1, -0.05) is 20.3 Å². The Bertz CT molecular complexity index is 291. The molecule has 1 saturated carbocycles. The normalized spacial score (nSPS) is 35.1. The zero-order valence-corrected chi connectivity index (χ0v) is 14.0. The van der Waals surface area contributed by atoms with Crippen molar-refractivity contribution in [2.75, 3.05) is 33.3 Å². The molecule has 0 aromatic heterocycles.